The Kier molecular flexibility index (Phi) is 11.3. The van der Waals surface area contributed by atoms with Crippen LogP contribution in [-0.2, 0) is 9.16 Å². The van der Waals surface area contributed by atoms with Crippen LogP contribution in [0.15, 0.2) is 97.2 Å². The molecule has 0 bridgehead atoms. The zero-order chi connectivity index (χ0) is 22.4. The van der Waals surface area contributed by atoms with Gasteiger partial charge < -0.3 is 9.16 Å². The topological polar surface area (TPSA) is 18.5 Å². The van der Waals surface area contributed by atoms with Gasteiger partial charge in [0.2, 0.25) is 0 Å². The van der Waals surface area contributed by atoms with Crippen LogP contribution in [0.1, 0.15) is 45.4 Å². The highest BCUT2D eigenvalue weighted by Gasteiger charge is 2.39. The highest BCUT2D eigenvalue weighted by Crippen LogP contribution is 2.20. The molecular weight excluding hydrogens is 396 g/mol. The first-order valence-electron chi connectivity index (χ1n) is 11.4. The Morgan fingerprint density at radius 3 is 2.03 bits per heavy atom. The summed E-state index contributed by atoms with van der Waals surface area (Å²) in [6.45, 7) is 10.9. The third-order valence-electron chi connectivity index (χ3n) is 5.49. The van der Waals surface area contributed by atoms with E-state index in [0.29, 0.717) is 6.61 Å². The molecule has 2 rings (SSSR count). The van der Waals surface area contributed by atoms with Crippen molar-refractivity contribution >= 4 is 18.7 Å². The van der Waals surface area contributed by atoms with E-state index in [0.717, 1.165) is 19.3 Å². The fourth-order valence-electron chi connectivity index (χ4n) is 3.93. The summed E-state index contributed by atoms with van der Waals surface area (Å²) < 4.78 is 12.6. The second kappa shape index (κ2) is 14.0. The molecule has 0 spiro atoms. The van der Waals surface area contributed by atoms with Crippen molar-refractivity contribution in [2.75, 3.05) is 13.7 Å². The average molecular weight is 435 g/mol. The van der Waals surface area contributed by atoms with Gasteiger partial charge in [-0.3, -0.25) is 0 Å². The number of methoxy groups -OCH3 is 1. The Hall–Kier alpha value is -2.20. The monoisotopic (exact) mass is 434 g/mol. The Labute approximate surface area is 190 Å². The number of ether oxygens (including phenoxy) is 1. The van der Waals surface area contributed by atoms with E-state index in [9.17, 15) is 0 Å². The Morgan fingerprint density at radius 2 is 1.55 bits per heavy atom. The van der Waals surface area contributed by atoms with Gasteiger partial charge in [-0.15, -0.1) is 13.2 Å². The van der Waals surface area contributed by atoms with E-state index in [4.69, 9.17) is 9.16 Å². The molecule has 0 aromatic heterocycles. The first-order valence-corrected chi connectivity index (χ1v) is 13.4. The number of hydrogen-bond donors (Lipinski definition) is 0. The fourth-order valence-corrected chi connectivity index (χ4v) is 7.78. The Morgan fingerprint density at radius 1 is 0.935 bits per heavy atom. The van der Waals surface area contributed by atoms with Crippen molar-refractivity contribution < 1.29 is 9.16 Å². The van der Waals surface area contributed by atoms with E-state index < -0.39 is 8.32 Å². The van der Waals surface area contributed by atoms with Crippen LogP contribution in [-0.4, -0.2) is 28.1 Å². The van der Waals surface area contributed by atoms with E-state index in [1.54, 1.807) is 7.11 Å². The van der Waals surface area contributed by atoms with Crippen molar-refractivity contribution in [2.45, 2.75) is 51.6 Å². The molecular formula is C28H38O2Si. The molecule has 0 fully saturated rings. The molecule has 0 radical (unpaired) electrons. The molecule has 0 aliphatic heterocycles. The zero-order valence-electron chi connectivity index (χ0n) is 19.3. The molecule has 0 N–H and O–H groups in total. The van der Waals surface area contributed by atoms with Crippen molar-refractivity contribution in [3.63, 3.8) is 0 Å². The van der Waals surface area contributed by atoms with Gasteiger partial charge in [-0.25, -0.2) is 0 Å². The van der Waals surface area contributed by atoms with Gasteiger partial charge in [0, 0.05) is 7.11 Å². The summed E-state index contributed by atoms with van der Waals surface area (Å²) in [5.74, 6) is 0. The third-order valence-corrected chi connectivity index (χ3v) is 9.36. The molecule has 0 amide bonds. The summed E-state index contributed by atoms with van der Waals surface area (Å²) in [5, 5.41) is 2.47. The van der Waals surface area contributed by atoms with Crippen LogP contribution < -0.4 is 10.4 Å². The second-order valence-corrected chi connectivity index (χ2v) is 11.1. The van der Waals surface area contributed by atoms with Crippen LogP contribution in [0.3, 0.4) is 0 Å². The summed E-state index contributed by atoms with van der Waals surface area (Å²) in [7, 11) is -0.957. The molecule has 0 heterocycles. The quantitative estimate of drug-likeness (QED) is 0.195. The van der Waals surface area contributed by atoms with Crippen molar-refractivity contribution in [2.24, 2.45) is 0 Å². The lowest BCUT2D eigenvalue weighted by molar-refractivity contribution is 0.222. The van der Waals surface area contributed by atoms with E-state index >= 15 is 0 Å². The smallest absolute Gasteiger partial charge is 0.281 e. The van der Waals surface area contributed by atoms with E-state index in [1.807, 2.05) is 12.2 Å². The van der Waals surface area contributed by atoms with Gasteiger partial charge in [0.05, 0.1) is 12.7 Å². The molecule has 2 aromatic carbocycles. The molecule has 2 aromatic rings. The van der Waals surface area contributed by atoms with E-state index in [1.165, 1.54) is 35.2 Å². The van der Waals surface area contributed by atoms with Crippen LogP contribution in [0.25, 0.3) is 0 Å². The number of benzene rings is 2. The molecule has 2 nitrogen and oxygen atoms in total. The van der Waals surface area contributed by atoms with Crippen molar-refractivity contribution in [1.29, 1.82) is 0 Å². The van der Waals surface area contributed by atoms with Gasteiger partial charge >= 0.3 is 0 Å². The molecule has 31 heavy (non-hydrogen) atoms. The Bertz CT molecular complexity index is 759. The molecule has 3 heteroatoms. The summed E-state index contributed by atoms with van der Waals surface area (Å²) >= 11 is 0. The number of allylic oxidation sites excluding steroid dienone is 1. The SMILES string of the molecule is C=CC/C(=C/[Si](OC(C=C)CCCCCC)(c1ccccc1)c1ccccc1)COC. The van der Waals surface area contributed by atoms with Gasteiger partial charge in [0.15, 0.2) is 0 Å². The summed E-state index contributed by atoms with van der Waals surface area (Å²) in [4.78, 5) is 0. The zero-order valence-corrected chi connectivity index (χ0v) is 20.3. The van der Waals surface area contributed by atoms with Gasteiger partial charge in [0.1, 0.15) is 0 Å². The molecule has 0 aliphatic rings. The normalized spacial score (nSPS) is 13.0. The minimum Gasteiger partial charge on any atom is -0.398 e. The maximum absolute atomic E-state index is 7.12. The average Bonchev–Trinajstić information content (AvgIpc) is 2.82. The van der Waals surface area contributed by atoms with Gasteiger partial charge in [-0.2, -0.15) is 0 Å². The van der Waals surface area contributed by atoms with E-state index in [2.05, 4.69) is 86.4 Å². The van der Waals surface area contributed by atoms with Crippen molar-refractivity contribution in [3.8, 4) is 0 Å². The number of hydrogen-bond acceptors (Lipinski definition) is 2. The second-order valence-electron chi connectivity index (χ2n) is 7.94. The molecule has 1 atom stereocenters. The maximum Gasteiger partial charge on any atom is 0.281 e. The molecule has 166 valence electrons. The lowest BCUT2D eigenvalue weighted by atomic mass is 10.1. The first kappa shape index (κ1) is 25.1. The lowest BCUT2D eigenvalue weighted by Crippen LogP contribution is -2.61. The van der Waals surface area contributed by atoms with Gasteiger partial charge in [-0.05, 0) is 28.8 Å². The van der Waals surface area contributed by atoms with Crippen LogP contribution in [0.4, 0.5) is 0 Å². The van der Waals surface area contributed by atoms with Gasteiger partial charge in [0.25, 0.3) is 8.32 Å². The Balaban J connectivity index is 2.58. The summed E-state index contributed by atoms with van der Waals surface area (Å²) in [6.07, 6.45) is 10.6. The number of unbranched alkanes of at least 4 members (excludes halogenated alkanes) is 3. The van der Waals surface area contributed by atoms with Crippen molar-refractivity contribution in [3.05, 3.63) is 97.2 Å². The highest BCUT2D eigenvalue weighted by atomic mass is 28.4. The van der Waals surface area contributed by atoms with Crippen LogP contribution >= 0.6 is 0 Å². The van der Waals surface area contributed by atoms with Gasteiger partial charge in [-0.1, -0.05) is 111 Å². The summed E-state index contributed by atoms with van der Waals surface area (Å²) in [6, 6.07) is 21.3. The standard InChI is InChI=1S/C28H38O2Si/c1-5-8-9-12-18-26(7-3)30-31(27-19-13-10-14-20-27,28-21-15-11-16-22-28)24-25(17-6-2)23-29-4/h6-7,10-11,13-16,19-22,24,26H,2-3,5,8-9,12,17-18,23H2,1,4H3/b25-24-. The maximum atomic E-state index is 7.12. The van der Waals surface area contributed by atoms with Crippen LogP contribution in [0.2, 0.25) is 0 Å². The summed E-state index contributed by atoms with van der Waals surface area (Å²) in [5.41, 5.74) is 3.57. The lowest BCUT2D eigenvalue weighted by Gasteiger charge is -2.34. The molecule has 0 aliphatic carbocycles. The minimum atomic E-state index is -2.70. The largest absolute Gasteiger partial charge is 0.398 e. The van der Waals surface area contributed by atoms with Crippen LogP contribution in [0, 0.1) is 0 Å². The molecule has 1 unspecified atom stereocenters. The predicted molar refractivity (Wildman–Crippen MR) is 137 cm³/mol. The fraction of sp³-hybridized carbons (Fsp3) is 0.357. The molecule has 0 saturated carbocycles. The molecule has 0 saturated heterocycles. The third kappa shape index (κ3) is 7.46. The first-order chi connectivity index (χ1) is 15.2. The minimum absolute atomic E-state index is 0.00714. The van der Waals surface area contributed by atoms with Crippen molar-refractivity contribution in [1.82, 2.24) is 0 Å². The number of rotatable bonds is 15. The predicted octanol–water partition coefficient (Wildman–Crippen LogP) is 5.98. The van der Waals surface area contributed by atoms with Crippen LogP contribution in [0.5, 0.6) is 0 Å². The van der Waals surface area contributed by atoms with E-state index in [-0.39, 0.29) is 6.10 Å². The highest BCUT2D eigenvalue weighted by molar-refractivity contribution is 7.01.